The molecule has 0 aliphatic heterocycles. The fraction of sp³-hybridized carbons (Fsp3) is 0.207. The van der Waals surface area contributed by atoms with Crippen LogP contribution in [0.4, 0.5) is 0 Å². The molecular formula is C29H28N2O3. The molecule has 0 aliphatic carbocycles. The fourth-order valence-corrected chi connectivity index (χ4v) is 4.23. The number of nitrogens with zero attached hydrogens (tertiary/aromatic N) is 2. The standard InChI is InChI=1S/C29H28N2O3/c32-27-18-17-26(29(24-12-3-1-4-13-24)25-14-5-2-6-15-25)30-31(27)20-8-11-22-9-7-10-23(21-22)16-19-28(33)34/h1-7,9-10,12-15,17-18,21,29H,8,11,16,19-20H2,(H,33,34). The van der Waals surface area contributed by atoms with E-state index in [0.29, 0.717) is 13.0 Å². The number of hydrogen-bond acceptors (Lipinski definition) is 3. The van der Waals surface area contributed by atoms with Crippen LogP contribution in [0, 0.1) is 0 Å². The highest BCUT2D eigenvalue weighted by Crippen LogP contribution is 2.29. The number of aromatic nitrogens is 2. The van der Waals surface area contributed by atoms with Crippen LogP contribution >= 0.6 is 0 Å². The Morgan fingerprint density at radius 1 is 0.794 bits per heavy atom. The van der Waals surface area contributed by atoms with Gasteiger partial charge in [0, 0.05) is 19.0 Å². The molecule has 0 bridgehead atoms. The van der Waals surface area contributed by atoms with Gasteiger partial charge in [-0.1, -0.05) is 84.9 Å². The highest BCUT2D eigenvalue weighted by molar-refractivity contribution is 5.67. The summed E-state index contributed by atoms with van der Waals surface area (Å²) in [7, 11) is 0. The highest BCUT2D eigenvalue weighted by Gasteiger charge is 2.19. The van der Waals surface area contributed by atoms with Crippen molar-refractivity contribution in [2.45, 2.75) is 38.1 Å². The van der Waals surface area contributed by atoms with Crippen LogP contribution in [0.15, 0.2) is 102 Å². The first-order valence-corrected chi connectivity index (χ1v) is 11.6. The first kappa shape index (κ1) is 23.2. The summed E-state index contributed by atoms with van der Waals surface area (Å²) in [5.74, 6) is -0.847. The summed E-state index contributed by atoms with van der Waals surface area (Å²) in [4.78, 5) is 23.4. The van der Waals surface area contributed by atoms with Crippen molar-refractivity contribution < 1.29 is 9.90 Å². The van der Waals surface area contributed by atoms with Gasteiger partial charge < -0.3 is 5.11 Å². The molecule has 5 nitrogen and oxygen atoms in total. The van der Waals surface area contributed by atoms with Crippen LogP contribution in [-0.4, -0.2) is 20.9 Å². The molecular weight excluding hydrogens is 424 g/mol. The van der Waals surface area contributed by atoms with Gasteiger partial charge in [0.1, 0.15) is 0 Å². The van der Waals surface area contributed by atoms with Crippen LogP contribution in [0.25, 0.3) is 0 Å². The van der Waals surface area contributed by atoms with E-state index in [-0.39, 0.29) is 17.9 Å². The first-order chi connectivity index (χ1) is 16.6. The van der Waals surface area contributed by atoms with Crippen LogP contribution in [0.5, 0.6) is 0 Å². The molecule has 4 rings (SSSR count). The molecule has 5 heteroatoms. The van der Waals surface area contributed by atoms with E-state index in [1.165, 1.54) is 0 Å². The second-order valence-corrected chi connectivity index (χ2v) is 8.39. The van der Waals surface area contributed by atoms with Gasteiger partial charge in [0.05, 0.1) is 11.6 Å². The molecule has 1 aromatic heterocycles. The lowest BCUT2D eigenvalue weighted by atomic mass is 9.88. The largest absolute Gasteiger partial charge is 0.481 e. The van der Waals surface area contributed by atoms with E-state index in [1.54, 1.807) is 10.7 Å². The molecule has 0 fully saturated rings. The van der Waals surface area contributed by atoms with Crippen molar-refractivity contribution in [2.24, 2.45) is 0 Å². The number of carbonyl (C=O) groups is 1. The Bertz CT molecular complexity index is 1240. The lowest BCUT2D eigenvalue weighted by Crippen LogP contribution is -2.24. The Morgan fingerprint density at radius 2 is 1.41 bits per heavy atom. The Hall–Kier alpha value is -3.99. The van der Waals surface area contributed by atoms with Crippen molar-refractivity contribution in [2.75, 3.05) is 0 Å². The average molecular weight is 453 g/mol. The molecule has 0 radical (unpaired) electrons. The van der Waals surface area contributed by atoms with E-state index in [0.717, 1.165) is 40.8 Å². The summed E-state index contributed by atoms with van der Waals surface area (Å²) in [6, 6.07) is 31.9. The van der Waals surface area contributed by atoms with Crippen LogP contribution in [-0.2, 0) is 24.2 Å². The predicted octanol–water partition coefficient (Wildman–Crippen LogP) is 5.07. The average Bonchev–Trinajstić information content (AvgIpc) is 2.86. The summed E-state index contributed by atoms with van der Waals surface area (Å²) in [6.07, 6.45) is 2.20. The van der Waals surface area contributed by atoms with Gasteiger partial charge in [0.15, 0.2) is 0 Å². The van der Waals surface area contributed by atoms with Gasteiger partial charge in [-0.05, 0) is 47.6 Å². The molecule has 0 saturated heterocycles. The third-order valence-electron chi connectivity index (χ3n) is 5.90. The maximum absolute atomic E-state index is 12.6. The molecule has 4 aromatic rings. The minimum atomic E-state index is -0.792. The SMILES string of the molecule is O=C(O)CCc1cccc(CCCn2nc(C(c3ccccc3)c3ccccc3)ccc2=O)c1. The lowest BCUT2D eigenvalue weighted by molar-refractivity contribution is -0.136. The number of aliphatic carboxylic acids is 1. The summed E-state index contributed by atoms with van der Waals surface area (Å²) in [5.41, 5.74) is 5.14. The van der Waals surface area contributed by atoms with Gasteiger partial charge in [-0.3, -0.25) is 9.59 Å². The molecule has 34 heavy (non-hydrogen) atoms. The van der Waals surface area contributed by atoms with E-state index in [2.05, 4.69) is 30.3 Å². The van der Waals surface area contributed by atoms with Crippen molar-refractivity contribution in [3.63, 3.8) is 0 Å². The summed E-state index contributed by atoms with van der Waals surface area (Å²) in [6.45, 7) is 0.516. The molecule has 172 valence electrons. The van der Waals surface area contributed by atoms with E-state index < -0.39 is 5.97 Å². The molecule has 0 spiro atoms. The number of hydrogen-bond donors (Lipinski definition) is 1. The number of carboxylic acid groups (broad SMARTS) is 1. The third kappa shape index (κ3) is 6.07. The molecule has 1 N–H and O–H groups in total. The molecule has 1 heterocycles. The Morgan fingerprint density at radius 3 is 2.03 bits per heavy atom. The number of aryl methyl sites for hydroxylation is 3. The summed E-state index contributed by atoms with van der Waals surface area (Å²) >= 11 is 0. The van der Waals surface area contributed by atoms with Crippen molar-refractivity contribution in [3.8, 4) is 0 Å². The Balaban J connectivity index is 1.51. The molecule has 0 amide bonds. The van der Waals surface area contributed by atoms with E-state index >= 15 is 0 Å². The summed E-state index contributed by atoms with van der Waals surface area (Å²) in [5, 5.41) is 13.7. The highest BCUT2D eigenvalue weighted by atomic mass is 16.4. The van der Waals surface area contributed by atoms with E-state index in [9.17, 15) is 9.59 Å². The monoisotopic (exact) mass is 452 g/mol. The zero-order chi connectivity index (χ0) is 23.8. The normalized spacial score (nSPS) is 11.0. The molecule has 0 aliphatic rings. The molecule has 0 saturated carbocycles. The van der Waals surface area contributed by atoms with Gasteiger partial charge >= 0.3 is 5.97 Å². The smallest absolute Gasteiger partial charge is 0.303 e. The minimum Gasteiger partial charge on any atom is -0.481 e. The Labute approximate surface area is 199 Å². The zero-order valence-electron chi connectivity index (χ0n) is 19.0. The van der Waals surface area contributed by atoms with Crippen molar-refractivity contribution in [3.05, 3.63) is 135 Å². The quantitative estimate of drug-likeness (QED) is 0.364. The number of benzene rings is 3. The van der Waals surface area contributed by atoms with Crippen molar-refractivity contribution in [1.82, 2.24) is 9.78 Å². The van der Waals surface area contributed by atoms with Crippen LogP contribution in [0.2, 0.25) is 0 Å². The van der Waals surface area contributed by atoms with Crippen molar-refractivity contribution >= 4 is 5.97 Å². The van der Waals surface area contributed by atoms with Gasteiger partial charge in [-0.25, -0.2) is 4.68 Å². The van der Waals surface area contributed by atoms with E-state index in [1.807, 2.05) is 60.7 Å². The molecule has 0 unspecified atom stereocenters. The molecule has 3 aromatic carbocycles. The second-order valence-electron chi connectivity index (χ2n) is 8.39. The van der Waals surface area contributed by atoms with Gasteiger partial charge in [0.25, 0.3) is 5.56 Å². The summed E-state index contributed by atoms with van der Waals surface area (Å²) < 4.78 is 1.56. The maximum Gasteiger partial charge on any atom is 0.303 e. The lowest BCUT2D eigenvalue weighted by Gasteiger charge is -2.18. The number of carboxylic acids is 1. The third-order valence-corrected chi connectivity index (χ3v) is 5.90. The van der Waals surface area contributed by atoms with Crippen LogP contribution in [0.3, 0.4) is 0 Å². The van der Waals surface area contributed by atoms with Crippen LogP contribution in [0.1, 0.15) is 46.7 Å². The Kier molecular flexibility index (Phi) is 7.66. The van der Waals surface area contributed by atoms with Gasteiger partial charge in [-0.2, -0.15) is 5.10 Å². The fourth-order valence-electron chi connectivity index (χ4n) is 4.23. The first-order valence-electron chi connectivity index (χ1n) is 11.6. The number of rotatable bonds is 10. The van der Waals surface area contributed by atoms with Gasteiger partial charge in [-0.15, -0.1) is 0 Å². The second kappa shape index (κ2) is 11.2. The maximum atomic E-state index is 12.6. The van der Waals surface area contributed by atoms with Gasteiger partial charge in [0.2, 0.25) is 0 Å². The van der Waals surface area contributed by atoms with Crippen molar-refractivity contribution in [1.29, 1.82) is 0 Å². The van der Waals surface area contributed by atoms with E-state index in [4.69, 9.17) is 10.2 Å². The zero-order valence-corrected chi connectivity index (χ0v) is 19.0. The molecule has 0 atom stereocenters. The van der Waals surface area contributed by atoms with Crippen LogP contribution < -0.4 is 5.56 Å². The minimum absolute atomic E-state index is 0.0554. The predicted molar refractivity (Wildman–Crippen MR) is 133 cm³/mol. The topological polar surface area (TPSA) is 72.2 Å².